The summed E-state index contributed by atoms with van der Waals surface area (Å²) >= 11 is 1.55. The van der Waals surface area contributed by atoms with E-state index in [1.807, 2.05) is 74.4 Å². The Morgan fingerprint density at radius 1 is 1.00 bits per heavy atom. The Bertz CT molecular complexity index is 1770. The maximum atomic E-state index is 13.1. The van der Waals surface area contributed by atoms with E-state index in [1.54, 1.807) is 29.5 Å². The Balaban J connectivity index is 1.19. The van der Waals surface area contributed by atoms with Gasteiger partial charge in [0, 0.05) is 55.2 Å². The van der Waals surface area contributed by atoms with Crippen LogP contribution in [0.4, 0.5) is 22.0 Å². The number of nitrogens with one attached hydrogen (secondary N) is 2. The summed E-state index contributed by atoms with van der Waals surface area (Å²) < 4.78 is 7.16. The molecule has 1 unspecified atom stereocenters. The monoisotopic (exact) mass is 626 g/mol. The lowest BCUT2D eigenvalue weighted by Crippen LogP contribution is -2.48. The van der Waals surface area contributed by atoms with Crippen molar-refractivity contribution in [2.24, 2.45) is 7.05 Å². The minimum atomic E-state index is -0.543. The molecule has 10 nitrogen and oxygen atoms in total. The maximum Gasteiger partial charge on any atom is 0.417 e. The van der Waals surface area contributed by atoms with Gasteiger partial charge in [-0.25, -0.2) is 9.78 Å². The summed E-state index contributed by atoms with van der Waals surface area (Å²) in [4.78, 5) is 48.5. The SMILES string of the molecule is Cc1c(NC(=O)Oc2cc3c(s2)CCCCC3)cccc1-c1cn(C)c(=O)c(Nc2ccc(C3C(=O)N(C)CCN3C)cc2)n1. The highest BCUT2D eigenvalue weighted by Crippen LogP contribution is 2.34. The van der Waals surface area contributed by atoms with Crippen LogP contribution in [0.1, 0.15) is 46.9 Å². The van der Waals surface area contributed by atoms with Crippen molar-refractivity contribution >= 4 is 40.5 Å². The number of hydrogen-bond acceptors (Lipinski definition) is 8. The Hall–Kier alpha value is -4.48. The van der Waals surface area contributed by atoms with Crippen molar-refractivity contribution < 1.29 is 14.3 Å². The van der Waals surface area contributed by atoms with Crippen LogP contribution in [0.15, 0.2) is 59.5 Å². The number of anilines is 3. The molecule has 3 heterocycles. The third-order valence-electron chi connectivity index (χ3n) is 8.66. The fourth-order valence-electron chi connectivity index (χ4n) is 6.01. The molecule has 6 rings (SSSR count). The molecule has 2 amide bonds. The molecule has 2 aromatic carbocycles. The van der Waals surface area contributed by atoms with Gasteiger partial charge in [-0.2, -0.15) is 0 Å². The van der Waals surface area contributed by atoms with Crippen LogP contribution in [0.5, 0.6) is 5.06 Å². The topological polar surface area (TPSA) is 109 Å². The van der Waals surface area contributed by atoms with Crippen molar-refractivity contribution in [1.82, 2.24) is 19.4 Å². The van der Waals surface area contributed by atoms with E-state index in [0.717, 1.165) is 36.1 Å². The summed E-state index contributed by atoms with van der Waals surface area (Å²) in [5.41, 5.74) is 5.32. The van der Waals surface area contributed by atoms with Gasteiger partial charge in [0.2, 0.25) is 5.91 Å². The summed E-state index contributed by atoms with van der Waals surface area (Å²) in [5, 5.41) is 6.66. The molecule has 1 atom stereocenters. The smallest absolute Gasteiger partial charge is 0.399 e. The normalized spacial score (nSPS) is 17.0. The minimum Gasteiger partial charge on any atom is -0.399 e. The highest BCUT2D eigenvalue weighted by Gasteiger charge is 2.32. The molecule has 0 bridgehead atoms. The third kappa shape index (κ3) is 6.50. The molecule has 1 aliphatic heterocycles. The van der Waals surface area contributed by atoms with E-state index in [2.05, 4.69) is 15.6 Å². The zero-order chi connectivity index (χ0) is 31.7. The van der Waals surface area contributed by atoms with Gasteiger partial charge in [0.1, 0.15) is 6.04 Å². The molecule has 0 saturated carbocycles. The van der Waals surface area contributed by atoms with E-state index in [0.29, 0.717) is 28.7 Å². The van der Waals surface area contributed by atoms with Crippen LogP contribution < -0.4 is 20.9 Å². The van der Waals surface area contributed by atoms with E-state index in [1.165, 1.54) is 34.3 Å². The number of aryl methyl sites for hydroxylation is 3. The quantitative estimate of drug-likeness (QED) is 0.257. The average Bonchev–Trinajstić information content (AvgIpc) is 3.26. The number of rotatable bonds is 6. The number of nitrogens with zero attached hydrogens (tertiary/aromatic N) is 4. The molecule has 11 heteroatoms. The molecule has 4 aromatic rings. The molecule has 1 aliphatic carbocycles. The average molecular weight is 627 g/mol. The molecule has 2 aliphatic rings. The Kier molecular flexibility index (Phi) is 8.73. The predicted octanol–water partition coefficient (Wildman–Crippen LogP) is 5.89. The molecule has 1 saturated heterocycles. The van der Waals surface area contributed by atoms with Gasteiger partial charge in [0.15, 0.2) is 10.9 Å². The highest BCUT2D eigenvalue weighted by atomic mass is 32.1. The largest absolute Gasteiger partial charge is 0.417 e. The van der Waals surface area contributed by atoms with Crippen molar-refractivity contribution in [3.63, 3.8) is 0 Å². The van der Waals surface area contributed by atoms with E-state index in [-0.39, 0.29) is 23.3 Å². The highest BCUT2D eigenvalue weighted by molar-refractivity contribution is 7.14. The zero-order valence-electron chi connectivity index (χ0n) is 26.1. The molecule has 2 aromatic heterocycles. The maximum absolute atomic E-state index is 13.1. The Labute approximate surface area is 266 Å². The van der Waals surface area contributed by atoms with Crippen molar-refractivity contribution in [1.29, 1.82) is 0 Å². The van der Waals surface area contributed by atoms with Crippen molar-refractivity contribution in [3.05, 3.63) is 86.6 Å². The Morgan fingerprint density at radius 3 is 2.58 bits per heavy atom. The van der Waals surface area contributed by atoms with E-state index in [9.17, 15) is 14.4 Å². The third-order valence-corrected chi connectivity index (χ3v) is 9.78. The fraction of sp³-hybridized carbons (Fsp3) is 0.353. The first-order valence-electron chi connectivity index (χ1n) is 15.3. The summed E-state index contributed by atoms with van der Waals surface area (Å²) in [7, 11) is 5.45. The summed E-state index contributed by atoms with van der Waals surface area (Å²) in [6, 6.07) is 14.7. The van der Waals surface area contributed by atoms with Crippen molar-refractivity contribution in [3.8, 4) is 16.3 Å². The standard InChI is InChI=1S/C34H38N6O4S/c1-21-25(10-8-11-26(21)37-34(43)44-29-19-23-9-6-5-7-12-28(23)45-29)27-20-40(4)33(42)31(36-27)35-24-15-13-22(14-16-24)30-32(41)39(3)18-17-38(30)2/h8,10-11,13-16,19-20,30H,5-7,9,12,17-18H2,1-4H3,(H,35,36)(H,37,43). The number of benzene rings is 2. The summed E-state index contributed by atoms with van der Waals surface area (Å²) in [5.74, 6) is 0.233. The second kappa shape index (κ2) is 12.9. The number of thiophene rings is 1. The second-order valence-corrected chi connectivity index (χ2v) is 12.9. The summed E-state index contributed by atoms with van der Waals surface area (Å²) in [6.45, 7) is 3.40. The van der Waals surface area contributed by atoms with Crippen molar-refractivity contribution in [2.45, 2.75) is 45.1 Å². The van der Waals surface area contributed by atoms with E-state index in [4.69, 9.17) is 4.74 Å². The first kappa shape index (κ1) is 30.5. The number of ether oxygens (including phenoxy) is 1. The van der Waals surface area contributed by atoms with Gasteiger partial charge < -0.3 is 19.5 Å². The second-order valence-electron chi connectivity index (χ2n) is 11.8. The van der Waals surface area contributed by atoms with Crippen LogP contribution in [0.3, 0.4) is 0 Å². The number of hydrogen-bond donors (Lipinski definition) is 2. The predicted molar refractivity (Wildman–Crippen MR) is 178 cm³/mol. The molecule has 2 N–H and O–H groups in total. The molecule has 1 fully saturated rings. The van der Waals surface area contributed by atoms with Gasteiger partial charge in [-0.3, -0.25) is 19.8 Å². The van der Waals surface area contributed by atoms with Gasteiger partial charge in [-0.05, 0) is 80.6 Å². The van der Waals surface area contributed by atoms with E-state index >= 15 is 0 Å². The van der Waals surface area contributed by atoms with Crippen LogP contribution in [0, 0.1) is 6.92 Å². The zero-order valence-corrected chi connectivity index (χ0v) is 26.9. The van der Waals surface area contributed by atoms with Crippen LogP contribution >= 0.6 is 11.3 Å². The van der Waals surface area contributed by atoms with Crippen LogP contribution in [0.25, 0.3) is 11.3 Å². The van der Waals surface area contributed by atoms with Gasteiger partial charge in [0.05, 0.1) is 5.69 Å². The lowest BCUT2D eigenvalue weighted by atomic mass is 10.0. The van der Waals surface area contributed by atoms with Crippen LogP contribution in [-0.2, 0) is 24.7 Å². The first-order valence-corrected chi connectivity index (χ1v) is 16.1. The van der Waals surface area contributed by atoms with Gasteiger partial charge in [-0.1, -0.05) is 30.7 Å². The molecular formula is C34H38N6O4S. The molecule has 0 radical (unpaired) electrons. The lowest BCUT2D eigenvalue weighted by molar-refractivity contribution is -0.139. The van der Waals surface area contributed by atoms with Gasteiger partial charge in [0.25, 0.3) is 5.56 Å². The van der Waals surface area contributed by atoms with E-state index < -0.39 is 6.09 Å². The number of likely N-dealkylation sites (N-methyl/N-ethyl adjacent to an activating group) is 2. The molecule has 0 spiro atoms. The summed E-state index contributed by atoms with van der Waals surface area (Å²) in [6.07, 6.45) is 6.79. The van der Waals surface area contributed by atoms with Crippen LogP contribution in [0.2, 0.25) is 0 Å². The number of piperazine rings is 1. The fourth-order valence-corrected chi connectivity index (χ4v) is 7.11. The molecule has 234 valence electrons. The lowest BCUT2D eigenvalue weighted by Gasteiger charge is -2.37. The minimum absolute atomic E-state index is 0.0636. The molecule has 45 heavy (non-hydrogen) atoms. The number of aromatic nitrogens is 2. The van der Waals surface area contributed by atoms with Crippen molar-refractivity contribution in [2.75, 3.05) is 37.8 Å². The Morgan fingerprint density at radius 2 is 1.78 bits per heavy atom. The van der Waals surface area contributed by atoms with Gasteiger partial charge >= 0.3 is 6.09 Å². The number of carbonyl (C=O) groups excluding carboxylic acids is 2. The number of carbonyl (C=O) groups is 2. The van der Waals surface area contributed by atoms with Gasteiger partial charge in [-0.15, -0.1) is 11.3 Å². The first-order chi connectivity index (χ1) is 21.7. The molecular weight excluding hydrogens is 588 g/mol. The number of fused-ring (bicyclic) bond motifs is 1. The number of amides is 2. The van der Waals surface area contributed by atoms with Crippen LogP contribution in [-0.4, -0.2) is 58.5 Å².